The minimum absolute atomic E-state index is 0.0453. The number of aromatic carboxylic acids is 1. The normalized spacial score (nSPS) is 12.0. The van der Waals surface area contributed by atoms with Crippen molar-refractivity contribution in [2.45, 2.75) is 65.3 Å². The van der Waals surface area contributed by atoms with Gasteiger partial charge in [0, 0.05) is 32.6 Å². The molecule has 3 rings (SSSR count). The summed E-state index contributed by atoms with van der Waals surface area (Å²) in [6.07, 6.45) is 5.11. The average molecular weight is 565 g/mol. The van der Waals surface area contributed by atoms with E-state index >= 15 is 0 Å². The second-order valence-electron chi connectivity index (χ2n) is 10.8. The molecule has 0 spiro atoms. The smallest absolute Gasteiger partial charge is 0.335 e. The number of nitrogens with one attached hydrogen (secondary N) is 2. The number of carbonyl (C=O) groups excluding carboxylic acids is 1. The van der Waals surface area contributed by atoms with E-state index in [9.17, 15) is 14.7 Å². The van der Waals surface area contributed by atoms with Crippen molar-refractivity contribution in [3.05, 3.63) is 53.6 Å². The molecule has 0 bridgehead atoms. The number of hydrogen-bond donors (Lipinski definition) is 3. The van der Waals surface area contributed by atoms with Crippen molar-refractivity contribution >= 4 is 22.8 Å². The van der Waals surface area contributed by atoms with Crippen LogP contribution in [0, 0.1) is 0 Å². The predicted molar refractivity (Wildman–Crippen MR) is 167 cm³/mol. The average Bonchev–Trinajstić information content (AvgIpc) is 3.28. The molecule has 0 fully saturated rings. The molecule has 1 amide bonds. The molecule has 1 aromatic heterocycles. The number of rotatable bonds is 18. The van der Waals surface area contributed by atoms with E-state index in [0.717, 1.165) is 86.2 Å². The third-order valence-electron chi connectivity index (χ3n) is 7.57. The lowest BCUT2D eigenvalue weighted by Crippen LogP contribution is -2.28. The zero-order chi connectivity index (χ0) is 29.8. The second kappa shape index (κ2) is 16.2. The van der Waals surface area contributed by atoms with E-state index in [1.165, 1.54) is 5.56 Å². The van der Waals surface area contributed by atoms with Crippen molar-refractivity contribution in [1.82, 2.24) is 20.1 Å². The van der Waals surface area contributed by atoms with Crippen LogP contribution >= 0.6 is 0 Å². The minimum Gasteiger partial charge on any atom is -0.494 e. The highest BCUT2D eigenvalue weighted by molar-refractivity contribution is 5.99. The number of amides is 1. The van der Waals surface area contributed by atoms with Crippen molar-refractivity contribution in [3.63, 3.8) is 0 Å². The monoisotopic (exact) mass is 564 g/mol. The number of hydrogen-bond acceptors (Lipinski definition) is 5. The molecule has 0 aliphatic heterocycles. The number of carbonyl (C=O) groups is 2. The summed E-state index contributed by atoms with van der Waals surface area (Å²) in [5.41, 5.74) is 4.16. The minimum atomic E-state index is -0.978. The van der Waals surface area contributed by atoms with Crippen LogP contribution in [0.15, 0.2) is 42.5 Å². The summed E-state index contributed by atoms with van der Waals surface area (Å²) in [5.74, 6) is 0.0704. The molecule has 0 aliphatic rings. The largest absolute Gasteiger partial charge is 0.494 e. The quantitative estimate of drug-likeness (QED) is 0.170. The van der Waals surface area contributed by atoms with E-state index in [-0.39, 0.29) is 23.9 Å². The molecule has 3 aromatic rings. The Balaban J connectivity index is 1.99. The van der Waals surface area contributed by atoms with Gasteiger partial charge < -0.3 is 29.9 Å². The Morgan fingerprint density at radius 1 is 0.976 bits per heavy atom. The Labute approximate surface area is 245 Å². The van der Waals surface area contributed by atoms with Gasteiger partial charge in [0.05, 0.1) is 23.4 Å². The van der Waals surface area contributed by atoms with E-state index in [1.807, 2.05) is 22.8 Å². The van der Waals surface area contributed by atoms with Crippen LogP contribution in [-0.4, -0.2) is 73.3 Å². The highest BCUT2D eigenvalue weighted by atomic mass is 16.5. The van der Waals surface area contributed by atoms with Crippen LogP contribution < -0.4 is 15.4 Å². The number of unbranched alkanes of at least 4 members (excludes halogenated alkanes) is 1. The molecule has 8 nitrogen and oxygen atoms in total. The first kappa shape index (κ1) is 32.2. The first-order chi connectivity index (χ1) is 19.8. The van der Waals surface area contributed by atoms with E-state index in [0.29, 0.717) is 6.61 Å². The molecule has 0 saturated carbocycles. The Kier molecular flexibility index (Phi) is 12.7. The molecule has 41 heavy (non-hydrogen) atoms. The van der Waals surface area contributed by atoms with Crippen LogP contribution in [0.1, 0.15) is 74.7 Å². The van der Waals surface area contributed by atoms with E-state index < -0.39 is 5.97 Å². The summed E-state index contributed by atoms with van der Waals surface area (Å²) in [7, 11) is 3.49. The lowest BCUT2D eigenvalue weighted by molar-refractivity contribution is -0.129. The fourth-order valence-electron chi connectivity index (χ4n) is 5.25. The topological polar surface area (TPSA) is 95.8 Å². The third kappa shape index (κ3) is 8.57. The summed E-state index contributed by atoms with van der Waals surface area (Å²) < 4.78 is 8.03. The molecule has 1 unspecified atom stereocenters. The van der Waals surface area contributed by atoms with Gasteiger partial charge in [0.15, 0.2) is 0 Å². The molecule has 1 atom stereocenters. The predicted octanol–water partition coefficient (Wildman–Crippen LogP) is 5.75. The third-order valence-corrected chi connectivity index (χ3v) is 7.57. The van der Waals surface area contributed by atoms with Crippen LogP contribution in [0.3, 0.4) is 0 Å². The van der Waals surface area contributed by atoms with Gasteiger partial charge in [-0.15, -0.1) is 0 Å². The first-order valence-corrected chi connectivity index (χ1v) is 15.1. The highest BCUT2D eigenvalue weighted by Gasteiger charge is 2.26. The number of aromatic nitrogens is 1. The number of benzene rings is 2. The van der Waals surface area contributed by atoms with Crippen LogP contribution in [0.5, 0.6) is 5.75 Å². The van der Waals surface area contributed by atoms with E-state index in [1.54, 1.807) is 31.1 Å². The molecule has 0 saturated heterocycles. The number of ether oxygens (including phenoxy) is 1. The fourth-order valence-corrected chi connectivity index (χ4v) is 5.25. The maximum absolute atomic E-state index is 13.0. The lowest BCUT2D eigenvalue weighted by Gasteiger charge is -2.20. The van der Waals surface area contributed by atoms with Gasteiger partial charge in [-0.1, -0.05) is 39.7 Å². The zero-order valence-electron chi connectivity index (χ0n) is 25.5. The summed E-state index contributed by atoms with van der Waals surface area (Å²) in [5, 5.41) is 17.5. The van der Waals surface area contributed by atoms with Crippen molar-refractivity contribution < 1.29 is 19.4 Å². The Bertz CT molecular complexity index is 1270. The van der Waals surface area contributed by atoms with Gasteiger partial charge in [0.25, 0.3) is 0 Å². The molecule has 8 heteroatoms. The van der Waals surface area contributed by atoms with Crippen molar-refractivity contribution in [2.75, 3.05) is 46.9 Å². The number of nitrogens with zero attached hydrogens (tertiary/aromatic N) is 2. The fraction of sp³-hybridized carbons (Fsp3) is 0.515. The van der Waals surface area contributed by atoms with Gasteiger partial charge in [-0.05, 0) is 85.8 Å². The Morgan fingerprint density at radius 3 is 2.34 bits per heavy atom. The standard InChI is InChI=1S/C33H48N4O4/c1-6-9-11-24(7-2)31-28-17-14-26(33(39)40)22-29(28)37(23-30(38)36(4)5)32(31)25-12-15-27(16-13-25)41-21-10-18-35-20-19-34-8-3/h12-17,22,24,34-35H,6-11,18-21,23H2,1-5H3,(H,39,40). The molecule has 2 aromatic carbocycles. The summed E-state index contributed by atoms with van der Waals surface area (Å²) >= 11 is 0. The maximum atomic E-state index is 13.0. The van der Waals surface area contributed by atoms with Crippen LogP contribution in [0.25, 0.3) is 22.2 Å². The SMILES string of the molecule is CCCCC(CC)c1c(-c2ccc(OCCCNCCNCC)cc2)n(CC(=O)N(C)C)c2cc(C(=O)O)ccc12. The van der Waals surface area contributed by atoms with Gasteiger partial charge in [0.2, 0.25) is 5.91 Å². The van der Waals surface area contributed by atoms with E-state index in [4.69, 9.17) is 4.74 Å². The number of carboxylic acids is 1. The van der Waals surface area contributed by atoms with Crippen LogP contribution in [0.2, 0.25) is 0 Å². The van der Waals surface area contributed by atoms with Gasteiger partial charge >= 0.3 is 5.97 Å². The first-order valence-electron chi connectivity index (χ1n) is 15.1. The molecule has 0 aliphatic carbocycles. The Morgan fingerprint density at radius 2 is 1.71 bits per heavy atom. The molecule has 3 N–H and O–H groups in total. The second-order valence-corrected chi connectivity index (χ2v) is 10.8. The van der Waals surface area contributed by atoms with Crippen molar-refractivity contribution in [1.29, 1.82) is 0 Å². The summed E-state index contributed by atoms with van der Waals surface area (Å²) in [6, 6.07) is 13.4. The number of likely N-dealkylation sites (N-methyl/N-ethyl adjacent to an activating group) is 2. The zero-order valence-corrected chi connectivity index (χ0v) is 25.5. The van der Waals surface area contributed by atoms with Crippen molar-refractivity contribution in [2.24, 2.45) is 0 Å². The van der Waals surface area contributed by atoms with Gasteiger partial charge in [-0.25, -0.2) is 4.79 Å². The highest BCUT2D eigenvalue weighted by Crippen LogP contribution is 2.42. The molecular formula is C33H48N4O4. The molecule has 224 valence electrons. The van der Waals surface area contributed by atoms with E-state index in [2.05, 4.69) is 43.5 Å². The number of fused-ring (bicyclic) bond motifs is 1. The van der Waals surface area contributed by atoms with Gasteiger partial charge in [0.1, 0.15) is 12.3 Å². The molecular weight excluding hydrogens is 516 g/mol. The molecule has 0 radical (unpaired) electrons. The van der Waals surface area contributed by atoms with Crippen molar-refractivity contribution in [3.8, 4) is 17.0 Å². The molecule has 1 heterocycles. The number of carboxylic acid groups (broad SMARTS) is 1. The Hall–Kier alpha value is -3.36. The van der Waals surface area contributed by atoms with Gasteiger partial charge in [-0.2, -0.15) is 0 Å². The summed E-state index contributed by atoms with van der Waals surface area (Å²) in [6.45, 7) is 11.1. The summed E-state index contributed by atoms with van der Waals surface area (Å²) in [4.78, 5) is 26.5. The van der Waals surface area contributed by atoms with Gasteiger partial charge in [-0.3, -0.25) is 4.79 Å². The lowest BCUT2D eigenvalue weighted by atomic mass is 9.87. The van der Waals surface area contributed by atoms with Crippen LogP contribution in [0.4, 0.5) is 0 Å². The maximum Gasteiger partial charge on any atom is 0.335 e. The van der Waals surface area contributed by atoms with Crippen LogP contribution in [-0.2, 0) is 11.3 Å².